The summed E-state index contributed by atoms with van der Waals surface area (Å²) >= 11 is 0. The van der Waals surface area contributed by atoms with Crippen LogP contribution >= 0.6 is 0 Å². The first-order valence-electron chi connectivity index (χ1n) is 17.6. The summed E-state index contributed by atoms with van der Waals surface area (Å²) in [4.78, 5) is 40.7. The van der Waals surface area contributed by atoms with E-state index in [0.717, 1.165) is 56.2 Å². The number of benzene rings is 4. The number of carbonyl (C=O) groups excluding carboxylic acids is 2. The van der Waals surface area contributed by atoms with Gasteiger partial charge in [0, 0.05) is 56.0 Å². The molecular formula is C48H36IrN4O4-2. The predicted molar refractivity (Wildman–Crippen MR) is 218 cm³/mol. The van der Waals surface area contributed by atoms with Crippen LogP contribution in [0.1, 0.15) is 20.7 Å². The molecule has 0 aliphatic heterocycles. The van der Waals surface area contributed by atoms with Crippen LogP contribution < -0.4 is 0 Å². The average Bonchev–Trinajstić information content (AvgIpc) is 3.30. The van der Waals surface area contributed by atoms with Gasteiger partial charge in [-0.15, -0.1) is 71.8 Å². The van der Waals surface area contributed by atoms with Crippen molar-refractivity contribution in [2.24, 2.45) is 0 Å². The van der Waals surface area contributed by atoms with Gasteiger partial charge in [0.2, 0.25) is 0 Å². The third kappa shape index (κ3) is 11.5. The van der Waals surface area contributed by atoms with Gasteiger partial charge in [-0.05, 0) is 71.0 Å². The Labute approximate surface area is 345 Å². The zero-order valence-electron chi connectivity index (χ0n) is 31.1. The van der Waals surface area contributed by atoms with Crippen LogP contribution in [0.5, 0.6) is 0 Å². The molecule has 0 aliphatic rings. The Morgan fingerprint density at radius 1 is 0.421 bits per heavy atom. The molecule has 4 aromatic heterocycles. The third-order valence-corrected chi connectivity index (χ3v) is 8.37. The van der Waals surface area contributed by atoms with Crippen molar-refractivity contribution in [2.75, 3.05) is 14.2 Å². The SMILES string of the molecule is COC(=O)c1ccc(-c2ccc(-c3ccc(-c4ccc(C(=O)OC)cc4)cn3)nc2)cc1.[Ir].[c-]1ccccc1-c1ccccn1.[c-]1ccccc1-c1ccccn1. The number of hydrogen-bond donors (Lipinski definition) is 0. The first-order valence-corrected chi connectivity index (χ1v) is 17.6. The molecule has 0 saturated heterocycles. The topological polar surface area (TPSA) is 104 Å². The summed E-state index contributed by atoms with van der Waals surface area (Å²) in [5, 5.41) is 0. The van der Waals surface area contributed by atoms with Gasteiger partial charge in [0.05, 0.1) is 36.7 Å². The number of methoxy groups -OCH3 is 2. The van der Waals surface area contributed by atoms with Gasteiger partial charge >= 0.3 is 11.9 Å². The Bertz CT molecular complexity index is 2170. The monoisotopic (exact) mass is 925 g/mol. The zero-order valence-corrected chi connectivity index (χ0v) is 33.5. The molecule has 0 unspecified atom stereocenters. The fourth-order valence-corrected chi connectivity index (χ4v) is 5.41. The van der Waals surface area contributed by atoms with E-state index in [1.165, 1.54) is 14.2 Å². The first kappa shape index (κ1) is 41.2. The Balaban J connectivity index is 0.000000201. The Kier molecular flexibility index (Phi) is 15.4. The second-order valence-electron chi connectivity index (χ2n) is 12.0. The third-order valence-electron chi connectivity index (χ3n) is 8.37. The number of aromatic nitrogens is 4. The summed E-state index contributed by atoms with van der Waals surface area (Å²) in [5.41, 5.74) is 10.3. The minimum Gasteiger partial charge on any atom is -0.465 e. The van der Waals surface area contributed by atoms with E-state index in [0.29, 0.717) is 11.1 Å². The van der Waals surface area contributed by atoms with E-state index < -0.39 is 0 Å². The van der Waals surface area contributed by atoms with Crippen LogP contribution in [-0.4, -0.2) is 46.1 Å². The van der Waals surface area contributed by atoms with Gasteiger partial charge in [0.25, 0.3) is 0 Å². The molecule has 0 saturated carbocycles. The summed E-state index contributed by atoms with van der Waals surface area (Å²) in [6, 6.07) is 55.8. The second kappa shape index (κ2) is 21.2. The molecule has 283 valence electrons. The van der Waals surface area contributed by atoms with Gasteiger partial charge in [0.1, 0.15) is 0 Å². The molecule has 8 rings (SSSR count). The zero-order chi connectivity index (χ0) is 39.0. The van der Waals surface area contributed by atoms with Crippen LogP contribution in [-0.2, 0) is 29.6 Å². The molecule has 0 fully saturated rings. The minimum atomic E-state index is -0.362. The van der Waals surface area contributed by atoms with Crippen LogP contribution in [0.3, 0.4) is 0 Å². The number of hydrogen-bond acceptors (Lipinski definition) is 8. The number of carbonyl (C=O) groups is 2. The summed E-state index contributed by atoms with van der Waals surface area (Å²) in [6.07, 6.45) is 7.14. The van der Waals surface area contributed by atoms with Crippen LogP contribution in [0.2, 0.25) is 0 Å². The van der Waals surface area contributed by atoms with Crippen molar-refractivity contribution < 1.29 is 39.2 Å². The molecule has 0 aliphatic carbocycles. The number of ether oxygens (including phenoxy) is 2. The van der Waals surface area contributed by atoms with Crippen molar-refractivity contribution in [3.05, 3.63) is 206 Å². The number of esters is 2. The fraction of sp³-hybridized carbons (Fsp3) is 0.0417. The van der Waals surface area contributed by atoms with Gasteiger partial charge in [-0.2, -0.15) is 0 Å². The number of rotatable bonds is 7. The second-order valence-corrected chi connectivity index (χ2v) is 12.0. The molecule has 1 radical (unpaired) electrons. The molecule has 8 aromatic rings. The maximum atomic E-state index is 11.6. The molecule has 0 bridgehead atoms. The van der Waals surface area contributed by atoms with Crippen LogP contribution in [0.25, 0.3) is 56.2 Å². The van der Waals surface area contributed by atoms with Crippen molar-refractivity contribution in [1.29, 1.82) is 0 Å². The van der Waals surface area contributed by atoms with Crippen molar-refractivity contribution in [2.45, 2.75) is 0 Å². The Hall–Kier alpha value is -6.93. The maximum Gasteiger partial charge on any atom is 0.337 e. The smallest absolute Gasteiger partial charge is 0.337 e. The molecule has 8 nitrogen and oxygen atoms in total. The summed E-state index contributed by atoms with van der Waals surface area (Å²) in [6.45, 7) is 0. The van der Waals surface area contributed by atoms with Crippen molar-refractivity contribution in [1.82, 2.24) is 19.9 Å². The van der Waals surface area contributed by atoms with Gasteiger partial charge in [-0.25, -0.2) is 9.59 Å². The maximum absolute atomic E-state index is 11.6. The quantitative estimate of drug-likeness (QED) is 0.115. The molecule has 9 heteroatoms. The van der Waals surface area contributed by atoms with Crippen LogP contribution in [0.15, 0.2) is 183 Å². The summed E-state index contributed by atoms with van der Waals surface area (Å²) in [5.74, 6) is -0.724. The van der Waals surface area contributed by atoms with Gasteiger partial charge in [-0.1, -0.05) is 60.7 Å². The van der Waals surface area contributed by atoms with Crippen molar-refractivity contribution in [3.63, 3.8) is 0 Å². The van der Waals surface area contributed by atoms with E-state index in [-0.39, 0.29) is 32.0 Å². The van der Waals surface area contributed by atoms with E-state index in [2.05, 4.69) is 32.1 Å². The van der Waals surface area contributed by atoms with E-state index in [9.17, 15) is 9.59 Å². The van der Waals surface area contributed by atoms with E-state index >= 15 is 0 Å². The van der Waals surface area contributed by atoms with Gasteiger partial charge in [0.15, 0.2) is 0 Å². The van der Waals surface area contributed by atoms with Gasteiger partial charge < -0.3 is 19.4 Å². The van der Waals surface area contributed by atoms with Crippen LogP contribution in [0.4, 0.5) is 0 Å². The van der Waals surface area contributed by atoms with E-state index in [4.69, 9.17) is 9.47 Å². The molecule has 0 amide bonds. The molecular weight excluding hydrogens is 889 g/mol. The standard InChI is InChI=1S/C26H20N2O4.2C11H8N.Ir/c1-31-25(29)19-7-3-17(4-8-19)21-11-13-23(27-15-21)24-14-12-22(16-28-24)18-5-9-20(10-6-18)26(30)32-2;2*1-2-6-10(7-3-1)11-8-4-5-9-12-11;/h3-16H,1-2H3;2*1-6,8-9H;/q;2*-1;. The van der Waals surface area contributed by atoms with Crippen molar-refractivity contribution >= 4 is 11.9 Å². The molecule has 0 atom stereocenters. The molecule has 4 heterocycles. The Morgan fingerprint density at radius 3 is 1.11 bits per heavy atom. The molecule has 0 spiro atoms. The number of pyridine rings is 4. The van der Waals surface area contributed by atoms with Crippen LogP contribution in [0, 0.1) is 12.1 Å². The first-order chi connectivity index (χ1) is 27.5. The Morgan fingerprint density at radius 2 is 0.807 bits per heavy atom. The summed E-state index contributed by atoms with van der Waals surface area (Å²) in [7, 11) is 2.72. The van der Waals surface area contributed by atoms with E-state index in [1.54, 1.807) is 49.1 Å². The van der Waals surface area contributed by atoms with E-state index in [1.807, 2.05) is 133 Å². The average molecular weight is 925 g/mol. The number of nitrogens with zero attached hydrogens (tertiary/aromatic N) is 4. The largest absolute Gasteiger partial charge is 0.465 e. The van der Waals surface area contributed by atoms with Gasteiger partial charge in [-0.3, -0.25) is 9.97 Å². The summed E-state index contributed by atoms with van der Waals surface area (Å²) < 4.78 is 9.45. The molecule has 4 aromatic carbocycles. The molecule has 0 N–H and O–H groups in total. The normalized spacial score (nSPS) is 9.93. The predicted octanol–water partition coefficient (Wildman–Crippen LogP) is 10.1. The minimum absolute atomic E-state index is 0. The fourth-order valence-electron chi connectivity index (χ4n) is 5.41. The molecule has 57 heavy (non-hydrogen) atoms. The van der Waals surface area contributed by atoms with Crippen molar-refractivity contribution in [3.8, 4) is 56.2 Å².